The third-order valence-corrected chi connectivity index (χ3v) is 3.14. The molecule has 1 aromatic carbocycles. The summed E-state index contributed by atoms with van der Waals surface area (Å²) in [5.41, 5.74) is 3.13. The summed E-state index contributed by atoms with van der Waals surface area (Å²) in [5, 5.41) is 6.21. The first-order valence-electron chi connectivity index (χ1n) is 6.93. The molecule has 1 aromatic rings. The van der Waals surface area contributed by atoms with Crippen molar-refractivity contribution in [1.82, 2.24) is 5.32 Å². The first-order chi connectivity index (χ1) is 9.16. The second-order valence-corrected chi connectivity index (χ2v) is 5.08. The summed E-state index contributed by atoms with van der Waals surface area (Å²) in [6.07, 6.45) is 2.09. The molecular formula is C15H22N2O2. The van der Waals surface area contributed by atoms with Gasteiger partial charge in [0, 0.05) is 30.9 Å². The smallest absolute Gasteiger partial charge is 0.251 e. The Labute approximate surface area is 114 Å². The van der Waals surface area contributed by atoms with Crippen molar-refractivity contribution in [2.45, 2.75) is 32.8 Å². The minimum atomic E-state index is -0.000697. The first-order valence-corrected chi connectivity index (χ1v) is 6.93. The molecule has 0 bridgehead atoms. The molecule has 0 aliphatic carbocycles. The van der Waals surface area contributed by atoms with Crippen LogP contribution in [0.4, 0.5) is 5.69 Å². The van der Waals surface area contributed by atoms with E-state index in [-0.39, 0.29) is 12.0 Å². The molecular weight excluding hydrogens is 240 g/mol. The summed E-state index contributed by atoms with van der Waals surface area (Å²) < 4.78 is 5.43. The standard InChI is InChI=1S/C15H22N2O2/c1-11(2)19-9-3-7-17-15(18)13-4-5-14-12(10-13)6-8-16-14/h4-5,10-11,16H,3,6-9H2,1-2H3,(H,17,18). The lowest BCUT2D eigenvalue weighted by molar-refractivity contribution is 0.0757. The summed E-state index contributed by atoms with van der Waals surface area (Å²) in [6.45, 7) is 6.33. The molecule has 1 aliphatic heterocycles. The summed E-state index contributed by atoms with van der Waals surface area (Å²) >= 11 is 0. The van der Waals surface area contributed by atoms with Crippen LogP contribution in [0.3, 0.4) is 0 Å². The molecule has 0 atom stereocenters. The Morgan fingerprint density at radius 3 is 3.11 bits per heavy atom. The number of nitrogens with one attached hydrogen (secondary N) is 2. The van der Waals surface area contributed by atoms with E-state index in [0.717, 1.165) is 30.6 Å². The molecule has 0 saturated carbocycles. The van der Waals surface area contributed by atoms with Crippen molar-refractivity contribution < 1.29 is 9.53 Å². The minimum Gasteiger partial charge on any atom is -0.384 e. The molecule has 0 aromatic heterocycles. The Bertz CT molecular complexity index is 444. The van der Waals surface area contributed by atoms with Gasteiger partial charge >= 0.3 is 0 Å². The Morgan fingerprint density at radius 2 is 2.32 bits per heavy atom. The van der Waals surface area contributed by atoms with E-state index in [0.29, 0.717) is 13.2 Å². The molecule has 2 N–H and O–H groups in total. The van der Waals surface area contributed by atoms with Crippen molar-refractivity contribution >= 4 is 11.6 Å². The topological polar surface area (TPSA) is 50.4 Å². The monoisotopic (exact) mass is 262 g/mol. The maximum absolute atomic E-state index is 12.0. The van der Waals surface area contributed by atoms with Crippen molar-refractivity contribution in [3.05, 3.63) is 29.3 Å². The maximum atomic E-state index is 12.0. The van der Waals surface area contributed by atoms with Crippen molar-refractivity contribution in [1.29, 1.82) is 0 Å². The SMILES string of the molecule is CC(C)OCCCNC(=O)c1ccc2c(c1)CCN2. The molecule has 0 unspecified atom stereocenters. The van der Waals surface area contributed by atoms with E-state index in [4.69, 9.17) is 4.74 Å². The second kappa shape index (κ2) is 6.57. The van der Waals surface area contributed by atoms with Crippen molar-refractivity contribution in [2.75, 3.05) is 25.0 Å². The van der Waals surface area contributed by atoms with E-state index in [2.05, 4.69) is 10.6 Å². The van der Waals surface area contributed by atoms with Crippen LogP contribution in [0.5, 0.6) is 0 Å². The van der Waals surface area contributed by atoms with E-state index in [1.54, 1.807) is 0 Å². The maximum Gasteiger partial charge on any atom is 0.251 e. The third kappa shape index (κ3) is 3.96. The van der Waals surface area contributed by atoms with Gasteiger partial charge in [0.2, 0.25) is 0 Å². The summed E-state index contributed by atoms with van der Waals surface area (Å²) in [7, 11) is 0. The number of hydrogen-bond acceptors (Lipinski definition) is 3. The highest BCUT2D eigenvalue weighted by Gasteiger charge is 2.12. The minimum absolute atomic E-state index is 0.000697. The van der Waals surface area contributed by atoms with Gasteiger partial charge in [-0.05, 0) is 50.5 Å². The van der Waals surface area contributed by atoms with Crippen molar-refractivity contribution in [3.63, 3.8) is 0 Å². The van der Waals surface area contributed by atoms with Crippen LogP contribution >= 0.6 is 0 Å². The predicted molar refractivity (Wildman–Crippen MR) is 76.7 cm³/mol. The Balaban J connectivity index is 1.77. The predicted octanol–water partition coefficient (Wildman–Crippen LogP) is 2.20. The van der Waals surface area contributed by atoms with Gasteiger partial charge in [-0.2, -0.15) is 0 Å². The van der Waals surface area contributed by atoms with E-state index in [1.807, 2.05) is 32.0 Å². The molecule has 19 heavy (non-hydrogen) atoms. The van der Waals surface area contributed by atoms with Gasteiger partial charge in [0.15, 0.2) is 0 Å². The van der Waals surface area contributed by atoms with Crippen LogP contribution in [0.15, 0.2) is 18.2 Å². The lowest BCUT2D eigenvalue weighted by Gasteiger charge is -2.09. The quantitative estimate of drug-likeness (QED) is 0.773. The Morgan fingerprint density at radius 1 is 1.47 bits per heavy atom. The Kier molecular flexibility index (Phi) is 4.80. The fourth-order valence-electron chi connectivity index (χ4n) is 2.14. The number of hydrogen-bond donors (Lipinski definition) is 2. The molecule has 1 heterocycles. The summed E-state index contributed by atoms with van der Waals surface area (Å²) in [6, 6.07) is 5.84. The van der Waals surface area contributed by atoms with Gasteiger partial charge in [0.05, 0.1) is 6.10 Å². The molecule has 0 saturated heterocycles. The number of carbonyl (C=O) groups excluding carboxylic acids is 1. The normalized spacial score (nSPS) is 13.2. The van der Waals surface area contributed by atoms with Gasteiger partial charge in [-0.25, -0.2) is 0 Å². The molecule has 104 valence electrons. The molecule has 4 nitrogen and oxygen atoms in total. The van der Waals surface area contributed by atoms with Gasteiger partial charge in [-0.1, -0.05) is 0 Å². The second-order valence-electron chi connectivity index (χ2n) is 5.08. The zero-order valence-electron chi connectivity index (χ0n) is 11.7. The molecule has 1 aliphatic rings. The number of rotatable bonds is 6. The third-order valence-electron chi connectivity index (χ3n) is 3.14. The molecule has 0 radical (unpaired) electrons. The van der Waals surface area contributed by atoms with Crippen LogP contribution in [0, 0.1) is 0 Å². The van der Waals surface area contributed by atoms with Crippen LogP contribution in [0.2, 0.25) is 0 Å². The van der Waals surface area contributed by atoms with Crippen LogP contribution < -0.4 is 10.6 Å². The fraction of sp³-hybridized carbons (Fsp3) is 0.533. The zero-order chi connectivity index (χ0) is 13.7. The number of fused-ring (bicyclic) bond motifs is 1. The van der Waals surface area contributed by atoms with Gasteiger partial charge in [-0.15, -0.1) is 0 Å². The number of carbonyl (C=O) groups is 1. The van der Waals surface area contributed by atoms with Gasteiger partial charge in [-0.3, -0.25) is 4.79 Å². The van der Waals surface area contributed by atoms with Crippen molar-refractivity contribution in [2.24, 2.45) is 0 Å². The first kappa shape index (κ1) is 13.9. The fourth-order valence-corrected chi connectivity index (χ4v) is 2.14. The van der Waals surface area contributed by atoms with E-state index in [9.17, 15) is 4.79 Å². The van der Waals surface area contributed by atoms with Crippen LogP contribution in [-0.2, 0) is 11.2 Å². The van der Waals surface area contributed by atoms with Crippen molar-refractivity contribution in [3.8, 4) is 0 Å². The van der Waals surface area contributed by atoms with Crippen LogP contribution in [-0.4, -0.2) is 31.7 Å². The highest BCUT2D eigenvalue weighted by atomic mass is 16.5. The zero-order valence-corrected chi connectivity index (χ0v) is 11.7. The largest absolute Gasteiger partial charge is 0.384 e. The summed E-state index contributed by atoms with van der Waals surface area (Å²) in [4.78, 5) is 12.0. The van der Waals surface area contributed by atoms with Gasteiger partial charge < -0.3 is 15.4 Å². The van der Waals surface area contributed by atoms with E-state index in [1.165, 1.54) is 5.56 Å². The van der Waals surface area contributed by atoms with Crippen LogP contribution in [0.1, 0.15) is 36.2 Å². The number of amides is 1. The molecule has 0 fully saturated rings. The summed E-state index contributed by atoms with van der Waals surface area (Å²) in [5.74, 6) is -0.000697. The van der Waals surface area contributed by atoms with Gasteiger partial charge in [0.25, 0.3) is 5.91 Å². The molecule has 0 spiro atoms. The molecule has 1 amide bonds. The molecule has 4 heteroatoms. The average molecular weight is 262 g/mol. The lowest BCUT2D eigenvalue weighted by Crippen LogP contribution is -2.25. The van der Waals surface area contributed by atoms with Crippen LogP contribution in [0.25, 0.3) is 0 Å². The number of ether oxygens (including phenoxy) is 1. The molecule has 2 rings (SSSR count). The van der Waals surface area contributed by atoms with E-state index >= 15 is 0 Å². The lowest BCUT2D eigenvalue weighted by atomic mass is 10.1. The van der Waals surface area contributed by atoms with E-state index < -0.39 is 0 Å². The van der Waals surface area contributed by atoms with Gasteiger partial charge in [0.1, 0.15) is 0 Å². The number of anilines is 1. The highest BCUT2D eigenvalue weighted by Crippen LogP contribution is 2.22. The highest BCUT2D eigenvalue weighted by molar-refractivity contribution is 5.95. The Hall–Kier alpha value is -1.55. The number of benzene rings is 1. The average Bonchev–Trinajstić information content (AvgIpc) is 2.84.